The smallest absolute Gasteiger partial charge is 0.193 e. The second-order valence-electron chi connectivity index (χ2n) is 8.54. The summed E-state index contributed by atoms with van der Waals surface area (Å²) in [5.74, 6) is 6.67. The molecule has 27 heavy (non-hydrogen) atoms. The molecule has 0 saturated heterocycles. The van der Waals surface area contributed by atoms with E-state index in [1.165, 1.54) is 16.6 Å². The number of aromatic nitrogens is 1. The predicted molar refractivity (Wildman–Crippen MR) is 120 cm³/mol. The number of aryl methyl sites for hydroxylation is 1. The third-order valence-corrected chi connectivity index (χ3v) is 10.9. The molecule has 0 aliphatic rings. The highest BCUT2D eigenvalue weighted by atomic mass is 32.1. The van der Waals surface area contributed by atoms with Crippen LogP contribution in [0.5, 0.6) is 0 Å². The molecule has 2 aromatic heterocycles. The fourth-order valence-corrected chi connectivity index (χ4v) is 4.80. The zero-order valence-corrected chi connectivity index (χ0v) is 19.0. The van der Waals surface area contributed by atoms with Gasteiger partial charge in [0.2, 0.25) is 0 Å². The molecule has 0 aliphatic carbocycles. The van der Waals surface area contributed by atoms with Crippen molar-refractivity contribution in [2.24, 2.45) is 7.05 Å². The molecule has 4 heteroatoms. The SMILES string of the molecule is Cn1c(C(CC#Cc2cccs2)O[Si](C)(C)C(C)(C)C)cc2ccccc21. The average Bonchev–Trinajstić information content (AvgIpc) is 3.21. The van der Waals surface area contributed by atoms with Crippen molar-refractivity contribution in [3.05, 3.63) is 58.4 Å². The Kier molecular flexibility index (Phi) is 5.67. The molecule has 0 N–H and O–H groups in total. The van der Waals surface area contributed by atoms with Gasteiger partial charge >= 0.3 is 0 Å². The monoisotopic (exact) mass is 395 g/mol. The first kappa shape index (κ1) is 19.9. The Morgan fingerprint density at radius 1 is 1.15 bits per heavy atom. The lowest BCUT2D eigenvalue weighted by atomic mass is 10.2. The van der Waals surface area contributed by atoms with Crippen LogP contribution >= 0.6 is 11.3 Å². The first-order valence-corrected chi connectivity index (χ1v) is 13.2. The summed E-state index contributed by atoms with van der Waals surface area (Å²) >= 11 is 1.68. The van der Waals surface area contributed by atoms with Gasteiger partial charge in [-0.2, -0.15) is 0 Å². The Labute approximate surface area is 168 Å². The van der Waals surface area contributed by atoms with Crippen molar-refractivity contribution in [2.45, 2.75) is 51.4 Å². The van der Waals surface area contributed by atoms with Crippen LogP contribution in [0.25, 0.3) is 10.9 Å². The summed E-state index contributed by atoms with van der Waals surface area (Å²) in [4.78, 5) is 1.11. The number of hydrogen-bond acceptors (Lipinski definition) is 2. The van der Waals surface area contributed by atoms with E-state index in [1.807, 2.05) is 6.07 Å². The summed E-state index contributed by atoms with van der Waals surface area (Å²) in [7, 11) is 0.214. The lowest BCUT2D eigenvalue weighted by molar-refractivity contribution is 0.181. The molecule has 0 bridgehead atoms. The number of thiophene rings is 1. The van der Waals surface area contributed by atoms with E-state index in [-0.39, 0.29) is 11.1 Å². The standard InChI is InChI=1S/C23H29NOSSi/c1-23(2,3)27(5,6)25-22(15-9-12-19-13-10-16-26-19)21-17-18-11-7-8-14-20(18)24(21)4/h7-8,10-11,13-14,16-17,22H,15H2,1-6H3. The van der Waals surface area contributed by atoms with Crippen molar-refractivity contribution in [3.63, 3.8) is 0 Å². The number of rotatable bonds is 4. The Morgan fingerprint density at radius 3 is 2.52 bits per heavy atom. The van der Waals surface area contributed by atoms with Crippen LogP contribution in [-0.4, -0.2) is 12.9 Å². The van der Waals surface area contributed by atoms with Crippen LogP contribution in [0, 0.1) is 11.8 Å². The zero-order valence-electron chi connectivity index (χ0n) is 17.2. The second-order valence-corrected chi connectivity index (χ2v) is 14.2. The van der Waals surface area contributed by atoms with Crippen molar-refractivity contribution >= 4 is 30.6 Å². The van der Waals surface area contributed by atoms with Gasteiger partial charge in [0.15, 0.2) is 8.32 Å². The summed E-state index contributed by atoms with van der Waals surface area (Å²) in [5.41, 5.74) is 2.45. The maximum absolute atomic E-state index is 6.84. The van der Waals surface area contributed by atoms with Gasteiger partial charge in [-0.15, -0.1) is 11.3 Å². The van der Waals surface area contributed by atoms with Crippen molar-refractivity contribution in [1.29, 1.82) is 0 Å². The molecular weight excluding hydrogens is 366 g/mol. The Morgan fingerprint density at radius 2 is 1.89 bits per heavy atom. The second kappa shape index (κ2) is 7.67. The van der Waals surface area contributed by atoms with Crippen LogP contribution in [0.4, 0.5) is 0 Å². The summed E-state index contributed by atoms with van der Waals surface area (Å²) < 4.78 is 9.10. The molecule has 1 aromatic carbocycles. The van der Waals surface area contributed by atoms with E-state index in [2.05, 4.69) is 99.1 Å². The number of fused-ring (bicyclic) bond motifs is 1. The maximum atomic E-state index is 6.84. The molecule has 0 aliphatic heterocycles. The maximum Gasteiger partial charge on any atom is 0.193 e. The van der Waals surface area contributed by atoms with E-state index in [0.29, 0.717) is 6.42 Å². The van der Waals surface area contributed by atoms with E-state index >= 15 is 0 Å². The lowest BCUT2D eigenvalue weighted by Gasteiger charge is -2.39. The molecule has 0 amide bonds. The van der Waals surface area contributed by atoms with Gasteiger partial charge in [-0.05, 0) is 47.1 Å². The van der Waals surface area contributed by atoms with Crippen LogP contribution in [0.15, 0.2) is 47.8 Å². The zero-order chi connectivity index (χ0) is 19.7. The summed E-state index contributed by atoms with van der Waals surface area (Å²) in [5, 5.41) is 3.49. The van der Waals surface area contributed by atoms with Gasteiger partial charge in [-0.3, -0.25) is 0 Å². The van der Waals surface area contributed by atoms with Gasteiger partial charge < -0.3 is 8.99 Å². The minimum absolute atomic E-state index is 0.0178. The molecule has 2 nitrogen and oxygen atoms in total. The fraction of sp³-hybridized carbons (Fsp3) is 0.391. The predicted octanol–water partition coefficient (Wildman–Crippen LogP) is 6.74. The molecule has 0 radical (unpaired) electrons. The Bertz CT molecular complexity index is 967. The topological polar surface area (TPSA) is 14.2 Å². The molecule has 3 rings (SSSR count). The van der Waals surface area contributed by atoms with Crippen molar-refractivity contribution in [2.75, 3.05) is 0 Å². The largest absolute Gasteiger partial charge is 0.407 e. The number of para-hydroxylation sites is 1. The minimum Gasteiger partial charge on any atom is -0.407 e. The molecule has 1 atom stereocenters. The van der Waals surface area contributed by atoms with Crippen LogP contribution in [0.2, 0.25) is 18.1 Å². The number of nitrogens with zero attached hydrogens (tertiary/aromatic N) is 1. The Balaban J connectivity index is 1.96. The van der Waals surface area contributed by atoms with Crippen LogP contribution in [-0.2, 0) is 11.5 Å². The molecule has 0 spiro atoms. The van der Waals surface area contributed by atoms with Gasteiger partial charge in [0.1, 0.15) is 0 Å². The minimum atomic E-state index is -1.92. The third-order valence-electron chi connectivity index (χ3n) is 5.58. The Hall–Kier alpha value is -1.80. The van der Waals surface area contributed by atoms with Gasteiger partial charge in [-0.1, -0.05) is 56.9 Å². The van der Waals surface area contributed by atoms with E-state index in [1.54, 1.807) is 11.3 Å². The molecule has 1 unspecified atom stereocenters. The van der Waals surface area contributed by atoms with E-state index < -0.39 is 8.32 Å². The van der Waals surface area contributed by atoms with Crippen molar-refractivity contribution in [1.82, 2.24) is 4.57 Å². The molecule has 142 valence electrons. The van der Waals surface area contributed by atoms with Gasteiger partial charge in [0.25, 0.3) is 0 Å². The molecular formula is C23H29NOSSi. The molecule has 3 aromatic rings. The highest BCUT2D eigenvalue weighted by molar-refractivity contribution is 7.10. The fourth-order valence-electron chi connectivity index (χ4n) is 2.94. The number of hydrogen-bond donors (Lipinski definition) is 0. The van der Waals surface area contributed by atoms with Crippen LogP contribution < -0.4 is 0 Å². The first-order chi connectivity index (χ1) is 12.7. The number of benzene rings is 1. The molecule has 2 heterocycles. The summed E-state index contributed by atoms with van der Waals surface area (Å²) in [6.45, 7) is 11.5. The van der Waals surface area contributed by atoms with E-state index in [9.17, 15) is 0 Å². The lowest BCUT2D eigenvalue weighted by Crippen LogP contribution is -2.42. The van der Waals surface area contributed by atoms with Gasteiger partial charge in [0.05, 0.1) is 11.0 Å². The van der Waals surface area contributed by atoms with E-state index in [4.69, 9.17) is 4.43 Å². The van der Waals surface area contributed by atoms with Crippen molar-refractivity contribution in [3.8, 4) is 11.8 Å². The van der Waals surface area contributed by atoms with E-state index in [0.717, 1.165) is 4.88 Å². The quantitative estimate of drug-likeness (QED) is 0.352. The highest BCUT2D eigenvalue weighted by Crippen LogP contribution is 2.41. The van der Waals surface area contributed by atoms with Crippen LogP contribution in [0.1, 0.15) is 43.9 Å². The van der Waals surface area contributed by atoms with Gasteiger partial charge in [-0.25, -0.2) is 0 Å². The summed E-state index contributed by atoms with van der Waals surface area (Å²) in [6.07, 6.45) is 0.685. The summed E-state index contributed by atoms with van der Waals surface area (Å²) in [6, 6.07) is 14.9. The highest BCUT2D eigenvalue weighted by Gasteiger charge is 2.39. The molecule has 0 fully saturated rings. The van der Waals surface area contributed by atoms with Gasteiger partial charge in [0, 0.05) is 24.7 Å². The molecule has 0 saturated carbocycles. The van der Waals surface area contributed by atoms with Crippen LogP contribution in [0.3, 0.4) is 0 Å². The third kappa shape index (κ3) is 4.38. The normalized spacial score (nSPS) is 13.4. The van der Waals surface area contributed by atoms with Crippen molar-refractivity contribution < 1.29 is 4.43 Å². The first-order valence-electron chi connectivity index (χ1n) is 9.43. The average molecular weight is 396 g/mol.